The highest BCUT2D eigenvalue weighted by molar-refractivity contribution is 5.54. The van der Waals surface area contributed by atoms with E-state index in [1.54, 1.807) is 7.11 Å². The predicted octanol–water partition coefficient (Wildman–Crippen LogP) is 3.05. The van der Waals surface area contributed by atoms with Gasteiger partial charge in [-0.1, -0.05) is 17.7 Å². The second kappa shape index (κ2) is 6.56. The van der Waals surface area contributed by atoms with Gasteiger partial charge >= 0.3 is 0 Å². The van der Waals surface area contributed by atoms with E-state index < -0.39 is 0 Å². The van der Waals surface area contributed by atoms with Crippen LogP contribution in [0.15, 0.2) is 28.7 Å². The number of ether oxygens (including phenoxy) is 2. The van der Waals surface area contributed by atoms with Crippen LogP contribution in [0.25, 0.3) is 11.5 Å². The summed E-state index contributed by atoms with van der Waals surface area (Å²) in [4.78, 5) is 7.25. The predicted molar refractivity (Wildman–Crippen MR) is 95.3 cm³/mol. The van der Waals surface area contributed by atoms with Gasteiger partial charge in [-0.05, 0) is 26.0 Å². The van der Waals surface area contributed by atoms with Gasteiger partial charge in [0.25, 0.3) is 0 Å². The maximum atomic E-state index is 5.95. The fraction of sp³-hybridized carbons (Fsp3) is 0.550. The molecule has 4 rings (SSSR count). The van der Waals surface area contributed by atoms with E-state index in [0.717, 1.165) is 56.5 Å². The van der Waals surface area contributed by atoms with Crippen LogP contribution >= 0.6 is 0 Å². The first-order chi connectivity index (χ1) is 12.1. The number of aromatic nitrogens is 1. The number of fused-ring (bicyclic) bond motifs is 1. The van der Waals surface area contributed by atoms with Crippen LogP contribution in [-0.2, 0) is 16.0 Å². The molecule has 2 saturated heterocycles. The zero-order valence-electron chi connectivity index (χ0n) is 15.2. The molecule has 0 aliphatic carbocycles. The van der Waals surface area contributed by atoms with E-state index in [1.165, 1.54) is 5.56 Å². The van der Waals surface area contributed by atoms with Gasteiger partial charge in [0.2, 0.25) is 5.89 Å². The second-order valence-corrected chi connectivity index (χ2v) is 7.57. The Kier molecular flexibility index (Phi) is 4.40. The van der Waals surface area contributed by atoms with Gasteiger partial charge in [-0.25, -0.2) is 4.98 Å². The van der Waals surface area contributed by atoms with Crippen LogP contribution in [0.3, 0.4) is 0 Å². The molecule has 1 aromatic carbocycles. The fourth-order valence-corrected chi connectivity index (χ4v) is 4.24. The van der Waals surface area contributed by atoms with Crippen molar-refractivity contribution in [2.75, 3.05) is 40.0 Å². The Bertz CT molecular complexity index is 757. The molecule has 0 N–H and O–H groups in total. The molecule has 2 aliphatic heterocycles. The highest BCUT2D eigenvalue weighted by Crippen LogP contribution is 2.42. The Labute approximate surface area is 148 Å². The minimum absolute atomic E-state index is 0.145. The standard InChI is InChI=1S/C20H26N2O3/c1-14-5-4-6-16(7-14)19-21-18(15(2)25-19)9-22-8-17-10-24-13-20(17,11-22)12-23-3/h4-7,17H,8-13H2,1-3H3/t17-,20-/m0/s1. The third-order valence-corrected chi connectivity index (χ3v) is 5.55. The maximum Gasteiger partial charge on any atom is 0.226 e. The molecule has 0 spiro atoms. The van der Waals surface area contributed by atoms with Crippen molar-refractivity contribution in [3.63, 3.8) is 0 Å². The zero-order chi connectivity index (χ0) is 17.4. The van der Waals surface area contributed by atoms with Crippen molar-refractivity contribution in [1.29, 1.82) is 0 Å². The monoisotopic (exact) mass is 342 g/mol. The average Bonchev–Trinajstić information content (AvgIpc) is 3.21. The minimum Gasteiger partial charge on any atom is -0.441 e. The third-order valence-electron chi connectivity index (χ3n) is 5.55. The van der Waals surface area contributed by atoms with Crippen LogP contribution in [0.2, 0.25) is 0 Å². The van der Waals surface area contributed by atoms with Gasteiger partial charge in [-0.3, -0.25) is 4.90 Å². The van der Waals surface area contributed by atoms with Gasteiger partial charge in [0.05, 0.1) is 25.5 Å². The summed E-state index contributed by atoms with van der Waals surface area (Å²) >= 11 is 0. The maximum absolute atomic E-state index is 5.95. The Morgan fingerprint density at radius 2 is 2.24 bits per heavy atom. The first-order valence-corrected chi connectivity index (χ1v) is 8.92. The molecule has 25 heavy (non-hydrogen) atoms. The highest BCUT2D eigenvalue weighted by Gasteiger charge is 2.50. The van der Waals surface area contributed by atoms with Crippen LogP contribution in [0.5, 0.6) is 0 Å². The number of likely N-dealkylation sites (tertiary alicyclic amines) is 1. The first-order valence-electron chi connectivity index (χ1n) is 8.92. The topological polar surface area (TPSA) is 47.7 Å². The molecule has 0 amide bonds. The molecule has 134 valence electrons. The molecule has 0 saturated carbocycles. The van der Waals surface area contributed by atoms with Crippen LogP contribution < -0.4 is 0 Å². The van der Waals surface area contributed by atoms with Crippen LogP contribution in [0.1, 0.15) is 17.0 Å². The molecule has 0 radical (unpaired) electrons. The van der Waals surface area contributed by atoms with Crippen molar-refractivity contribution in [3.05, 3.63) is 41.3 Å². The van der Waals surface area contributed by atoms with E-state index in [-0.39, 0.29) is 5.41 Å². The summed E-state index contributed by atoms with van der Waals surface area (Å²) in [6, 6.07) is 8.29. The van der Waals surface area contributed by atoms with Crippen molar-refractivity contribution < 1.29 is 13.9 Å². The van der Waals surface area contributed by atoms with E-state index in [9.17, 15) is 0 Å². The Morgan fingerprint density at radius 3 is 3.04 bits per heavy atom. The number of aryl methyl sites for hydroxylation is 2. The summed E-state index contributed by atoms with van der Waals surface area (Å²) in [6.45, 7) is 9.35. The highest BCUT2D eigenvalue weighted by atomic mass is 16.5. The summed E-state index contributed by atoms with van der Waals surface area (Å²) in [6.07, 6.45) is 0. The lowest BCUT2D eigenvalue weighted by Gasteiger charge is -2.26. The van der Waals surface area contributed by atoms with Gasteiger partial charge in [0, 0.05) is 43.6 Å². The van der Waals surface area contributed by atoms with Crippen molar-refractivity contribution >= 4 is 0 Å². The fourth-order valence-electron chi connectivity index (χ4n) is 4.24. The number of hydrogen-bond donors (Lipinski definition) is 0. The molecule has 1 aromatic heterocycles. The van der Waals surface area contributed by atoms with Crippen molar-refractivity contribution in [2.45, 2.75) is 20.4 Å². The lowest BCUT2D eigenvalue weighted by atomic mass is 9.82. The van der Waals surface area contributed by atoms with Gasteiger partial charge in [0.15, 0.2) is 0 Å². The normalized spacial score (nSPS) is 26.3. The van der Waals surface area contributed by atoms with E-state index in [4.69, 9.17) is 18.9 Å². The van der Waals surface area contributed by atoms with Gasteiger partial charge < -0.3 is 13.9 Å². The van der Waals surface area contributed by atoms with Crippen molar-refractivity contribution in [3.8, 4) is 11.5 Å². The summed E-state index contributed by atoms with van der Waals surface area (Å²) in [5.74, 6) is 2.17. The second-order valence-electron chi connectivity index (χ2n) is 7.57. The molecule has 5 heteroatoms. The molecule has 2 atom stereocenters. The van der Waals surface area contributed by atoms with Crippen LogP contribution in [0, 0.1) is 25.2 Å². The molecule has 0 unspecified atom stereocenters. The molecule has 0 bridgehead atoms. The van der Waals surface area contributed by atoms with Crippen molar-refractivity contribution in [2.24, 2.45) is 11.3 Å². The quantitative estimate of drug-likeness (QED) is 0.836. The molecular formula is C20H26N2O3. The number of rotatable bonds is 5. The molecule has 3 heterocycles. The van der Waals surface area contributed by atoms with Crippen molar-refractivity contribution in [1.82, 2.24) is 9.88 Å². The number of hydrogen-bond acceptors (Lipinski definition) is 5. The lowest BCUT2D eigenvalue weighted by Crippen LogP contribution is -2.35. The minimum atomic E-state index is 0.145. The number of methoxy groups -OCH3 is 1. The van der Waals surface area contributed by atoms with Gasteiger partial charge in [-0.15, -0.1) is 0 Å². The Hall–Kier alpha value is -1.69. The van der Waals surface area contributed by atoms with E-state index in [0.29, 0.717) is 11.8 Å². The largest absolute Gasteiger partial charge is 0.441 e. The molecule has 2 fully saturated rings. The van der Waals surface area contributed by atoms with E-state index >= 15 is 0 Å². The van der Waals surface area contributed by atoms with E-state index in [2.05, 4.69) is 24.0 Å². The Morgan fingerprint density at radius 1 is 1.36 bits per heavy atom. The summed E-state index contributed by atoms with van der Waals surface area (Å²) in [7, 11) is 1.78. The van der Waals surface area contributed by atoms with Crippen LogP contribution in [-0.4, -0.2) is 49.9 Å². The zero-order valence-corrected chi connectivity index (χ0v) is 15.2. The number of benzene rings is 1. The van der Waals surface area contributed by atoms with Gasteiger partial charge in [0.1, 0.15) is 5.76 Å². The van der Waals surface area contributed by atoms with Crippen LogP contribution in [0.4, 0.5) is 0 Å². The summed E-state index contributed by atoms with van der Waals surface area (Å²) < 4.78 is 17.2. The molecule has 2 aromatic rings. The smallest absolute Gasteiger partial charge is 0.226 e. The van der Waals surface area contributed by atoms with E-state index in [1.807, 2.05) is 19.1 Å². The summed E-state index contributed by atoms with van der Waals surface area (Å²) in [5, 5.41) is 0. The third kappa shape index (κ3) is 3.12. The van der Waals surface area contributed by atoms with Gasteiger partial charge in [-0.2, -0.15) is 0 Å². The lowest BCUT2D eigenvalue weighted by molar-refractivity contribution is 0.0531. The Balaban J connectivity index is 1.51. The SMILES string of the molecule is COC[C@@]12COC[C@@H]1CN(Cc1nc(-c3cccc(C)c3)oc1C)C2. The average molecular weight is 342 g/mol. The summed E-state index contributed by atoms with van der Waals surface area (Å²) in [5.41, 5.74) is 3.43. The first kappa shape index (κ1) is 16.8. The number of nitrogens with zero attached hydrogens (tertiary/aromatic N) is 2. The molecular weight excluding hydrogens is 316 g/mol. The number of oxazole rings is 1. The molecule has 2 aliphatic rings. The molecule has 5 nitrogen and oxygen atoms in total.